The first-order valence-corrected chi connectivity index (χ1v) is 12.4. The Morgan fingerprint density at radius 3 is 2.38 bits per heavy atom. The molecule has 4 fully saturated rings. The predicted octanol–water partition coefficient (Wildman–Crippen LogP) is 3.55. The lowest BCUT2D eigenvalue weighted by atomic mass is 9.54. The minimum atomic E-state index is -0.722. The number of nitrogens with one attached hydrogen (secondary N) is 3. The van der Waals surface area contributed by atoms with Crippen molar-refractivity contribution >= 4 is 27.9 Å². The zero-order valence-electron chi connectivity index (χ0n) is 18.0. The van der Waals surface area contributed by atoms with E-state index in [-0.39, 0.29) is 17.6 Å². The highest BCUT2D eigenvalue weighted by Crippen LogP contribution is 2.57. The van der Waals surface area contributed by atoms with Crippen LogP contribution in [-0.4, -0.2) is 36.3 Å². The van der Waals surface area contributed by atoms with E-state index in [9.17, 15) is 9.59 Å². The van der Waals surface area contributed by atoms with Crippen LogP contribution in [0, 0.1) is 17.8 Å². The lowest BCUT2D eigenvalue weighted by Crippen LogP contribution is -2.56. The molecule has 1 aromatic rings. The number of carbonyl (C=O) groups excluding carboxylic acids is 2. The summed E-state index contributed by atoms with van der Waals surface area (Å²) in [6.07, 6.45) is 8.23. The second-order valence-electron chi connectivity index (χ2n) is 9.89. The minimum Gasteiger partial charge on any atom is -0.443 e. The number of halogens is 1. The van der Waals surface area contributed by atoms with E-state index in [2.05, 4.69) is 32.0 Å². The standard InChI is InChI=1S/C24H30BrN3O4/c25-21-10-19(32-28-21)14-26-22(29)20(9-15-4-2-1-3-5-15)27-23(30)31-24-11-16-6-17(12-24)8-18(7-16)13-24/h1-5,10,16-20,28H,6-9,11-14H2,(H,26,29)(H,27,30)/t16?,17?,18?,19?,20-,24?/m0/s1. The molecular weight excluding hydrogens is 474 g/mol. The number of hydrogen-bond donors (Lipinski definition) is 3. The summed E-state index contributed by atoms with van der Waals surface area (Å²) >= 11 is 3.31. The maximum atomic E-state index is 13.0. The van der Waals surface area contributed by atoms with Crippen molar-refractivity contribution in [1.82, 2.24) is 16.1 Å². The van der Waals surface area contributed by atoms with Gasteiger partial charge in [-0.05, 0) is 83.8 Å². The molecule has 2 atom stereocenters. The monoisotopic (exact) mass is 503 g/mol. The number of ether oxygens (including phenoxy) is 1. The summed E-state index contributed by atoms with van der Waals surface area (Å²) in [6.45, 7) is 0.304. The molecule has 4 aliphatic carbocycles. The van der Waals surface area contributed by atoms with E-state index in [1.807, 2.05) is 36.4 Å². The Labute approximate surface area is 196 Å². The highest BCUT2D eigenvalue weighted by atomic mass is 79.9. The summed E-state index contributed by atoms with van der Waals surface area (Å²) in [7, 11) is 0. The van der Waals surface area contributed by atoms with Gasteiger partial charge in [0.25, 0.3) is 0 Å². The number of hydroxylamine groups is 1. The van der Waals surface area contributed by atoms with Crippen LogP contribution in [0.3, 0.4) is 0 Å². The molecule has 1 aromatic carbocycles. The van der Waals surface area contributed by atoms with Gasteiger partial charge in [-0.15, -0.1) is 0 Å². The first-order valence-electron chi connectivity index (χ1n) is 11.6. The van der Waals surface area contributed by atoms with Crippen LogP contribution in [0.15, 0.2) is 41.0 Å². The minimum absolute atomic E-state index is 0.253. The molecule has 4 saturated carbocycles. The van der Waals surface area contributed by atoms with Crippen molar-refractivity contribution in [2.24, 2.45) is 17.8 Å². The Morgan fingerprint density at radius 1 is 1.12 bits per heavy atom. The molecule has 0 saturated heterocycles. The highest BCUT2D eigenvalue weighted by Gasteiger charge is 2.53. The quantitative estimate of drug-likeness (QED) is 0.495. The molecule has 5 aliphatic rings. The third kappa shape index (κ3) is 4.96. The second kappa shape index (κ2) is 9.06. The van der Waals surface area contributed by atoms with Crippen molar-refractivity contribution in [1.29, 1.82) is 0 Å². The third-order valence-corrected chi connectivity index (χ3v) is 7.73. The molecule has 8 heteroatoms. The Balaban J connectivity index is 1.23. The number of hydrogen-bond acceptors (Lipinski definition) is 5. The normalized spacial score (nSPS) is 33.2. The fourth-order valence-electron chi connectivity index (χ4n) is 6.37. The molecule has 0 aromatic heterocycles. The lowest BCUT2D eigenvalue weighted by molar-refractivity contribution is -0.131. The lowest BCUT2D eigenvalue weighted by Gasteiger charge is -2.55. The third-order valence-electron chi connectivity index (χ3n) is 7.30. The zero-order chi connectivity index (χ0) is 22.1. The summed E-state index contributed by atoms with van der Waals surface area (Å²) in [6, 6.07) is 8.98. The Hall–Kier alpha value is -2.06. The smallest absolute Gasteiger partial charge is 0.408 e. The fraction of sp³-hybridized carbons (Fsp3) is 0.583. The van der Waals surface area contributed by atoms with Gasteiger partial charge in [-0.3, -0.25) is 15.1 Å². The van der Waals surface area contributed by atoms with E-state index in [1.54, 1.807) is 0 Å². The van der Waals surface area contributed by atoms with Gasteiger partial charge in [-0.1, -0.05) is 30.3 Å². The number of amides is 2. The van der Waals surface area contributed by atoms with E-state index in [4.69, 9.17) is 9.57 Å². The largest absolute Gasteiger partial charge is 0.443 e. The highest BCUT2D eigenvalue weighted by molar-refractivity contribution is 9.11. The molecule has 1 aliphatic heterocycles. The van der Waals surface area contributed by atoms with Crippen molar-refractivity contribution in [3.63, 3.8) is 0 Å². The van der Waals surface area contributed by atoms with E-state index < -0.39 is 12.1 Å². The molecule has 0 radical (unpaired) electrons. The van der Waals surface area contributed by atoms with Crippen molar-refractivity contribution in [2.45, 2.75) is 62.7 Å². The van der Waals surface area contributed by atoms with Gasteiger partial charge in [0, 0.05) is 6.42 Å². The van der Waals surface area contributed by atoms with Gasteiger partial charge in [0.1, 0.15) is 22.4 Å². The van der Waals surface area contributed by atoms with Gasteiger partial charge < -0.3 is 15.4 Å². The number of rotatable bonds is 7. The predicted molar refractivity (Wildman–Crippen MR) is 122 cm³/mol. The Bertz CT molecular complexity index is 855. The van der Waals surface area contributed by atoms with Crippen LogP contribution in [0.25, 0.3) is 0 Å². The first-order chi connectivity index (χ1) is 15.5. The maximum Gasteiger partial charge on any atom is 0.408 e. The van der Waals surface area contributed by atoms with E-state index in [0.717, 1.165) is 29.4 Å². The average Bonchev–Trinajstić information content (AvgIpc) is 3.16. The topological polar surface area (TPSA) is 88.7 Å². The summed E-state index contributed by atoms with van der Waals surface area (Å²) < 4.78 is 6.81. The van der Waals surface area contributed by atoms with Gasteiger partial charge in [0.05, 0.1) is 6.54 Å². The van der Waals surface area contributed by atoms with Gasteiger partial charge in [-0.2, -0.15) is 0 Å². The molecule has 6 rings (SSSR count). The summed E-state index contributed by atoms with van der Waals surface area (Å²) in [5.41, 5.74) is 3.34. The van der Waals surface area contributed by atoms with Gasteiger partial charge in [-0.25, -0.2) is 4.79 Å². The van der Waals surface area contributed by atoms with E-state index >= 15 is 0 Å². The number of carbonyl (C=O) groups is 2. The van der Waals surface area contributed by atoms with E-state index in [0.29, 0.717) is 30.7 Å². The first kappa shape index (κ1) is 21.8. The van der Waals surface area contributed by atoms with Crippen LogP contribution in [-0.2, 0) is 20.8 Å². The van der Waals surface area contributed by atoms with Crippen LogP contribution in [0.5, 0.6) is 0 Å². The molecular formula is C24H30BrN3O4. The van der Waals surface area contributed by atoms with E-state index in [1.165, 1.54) is 19.3 Å². The number of alkyl carbamates (subject to hydrolysis) is 1. The summed E-state index contributed by atoms with van der Waals surface area (Å²) in [5, 5.41) is 5.76. The average molecular weight is 504 g/mol. The van der Waals surface area contributed by atoms with Crippen molar-refractivity contribution in [3.05, 3.63) is 46.6 Å². The molecule has 1 unspecified atom stereocenters. The van der Waals surface area contributed by atoms with Crippen LogP contribution in [0.4, 0.5) is 4.79 Å². The Morgan fingerprint density at radius 2 is 1.78 bits per heavy atom. The summed E-state index contributed by atoms with van der Waals surface area (Å²) in [4.78, 5) is 31.3. The molecule has 0 spiro atoms. The van der Waals surface area contributed by atoms with Crippen molar-refractivity contribution in [2.75, 3.05) is 6.54 Å². The Kier molecular flexibility index (Phi) is 6.16. The van der Waals surface area contributed by atoms with Crippen LogP contribution < -0.4 is 16.1 Å². The number of benzene rings is 1. The SMILES string of the molecule is O=C(N[C@@H](Cc1ccccc1)C(=O)NCC1C=C(Br)NO1)OC12CC3CC(CC(C3)C1)C2. The van der Waals surface area contributed by atoms with Gasteiger partial charge in [0.2, 0.25) is 5.91 Å². The van der Waals surface area contributed by atoms with Crippen molar-refractivity contribution < 1.29 is 19.2 Å². The van der Waals surface area contributed by atoms with Crippen molar-refractivity contribution in [3.8, 4) is 0 Å². The molecule has 2 amide bonds. The molecule has 7 nitrogen and oxygen atoms in total. The molecule has 172 valence electrons. The maximum absolute atomic E-state index is 13.0. The van der Waals surface area contributed by atoms with Crippen LogP contribution in [0.2, 0.25) is 0 Å². The molecule has 32 heavy (non-hydrogen) atoms. The van der Waals surface area contributed by atoms with Gasteiger partial charge in [0.15, 0.2) is 0 Å². The molecule has 3 N–H and O–H groups in total. The van der Waals surface area contributed by atoms with Gasteiger partial charge >= 0.3 is 6.09 Å². The molecule has 1 heterocycles. The molecule has 4 bridgehead atoms. The fourth-order valence-corrected chi connectivity index (χ4v) is 6.76. The summed E-state index contributed by atoms with van der Waals surface area (Å²) in [5.74, 6) is 1.80. The van der Waals surface area contributed by atoms with Crippen LogP contribution in [0.1, 0.15) is 44.1 Å². The van der Waals surface area contributed by atoms with Crippen LogP contribution >= 0.6 is 15.9 Å². The zero-order valence-corrected chi connectivity index (χ0v) is 19.6. The second-order valence-corrected chi connectivity index (χ2v) is 10.7.